The first-order valence-electron chi connectivity index (χ1n) is 6.11. The van der Waals surface area contributed by atoms with Gasteiger partial charge in [-0.25, -0.2) is 0 Å². The molecule has 1 aliphatic carbocycles. The van der Waals surface area contributed by atoms with Crippen molar-refractivity contribution in [3.8, 4) is 0 Å². The van der Waals surface area contributed by atoms with Crippen LogP contribution in [0.25, 0.3) is 0 Å². The van der Waals surface area contributed by atoms with E-state index in [0.29, 0.717) is 12.5 Å². The lowest BCUT2D eigenvalue weighted by molar-refractivity contribution is -0.135. The van der Waals surface area contributed by atoms with Crippen LogP contribution in [0.15, 0.2) is 18.5 Å². The third kappa shape index (κ3) is 3.03. The van der Waals surface area contributed by atoms with Crippen molar-refractivity contribution >= 4 is 18.3 Å². The van der Waals surface area contributed by atoms with Crippen LogP contribution in [0.2, 0.25) is 0 Å². The van der Waals surface area contributed by atoms with Crippen molar-refractivity contribution < 1.29 is 4.79 Å². The summed E-state index contributed by atoms with van der Waals surface area (Å²) in [5.74, 6) is 0.676. The van der Waals surface area contributed by atoms with Crippen LogP contribution in [-0.4, -0.2) is 40.2 Å². The number of hydrogen-bond donors (Lipinski definition) is 1. The molecule has 102 valence electrons. The summed E-state index contributed by atoms with van der Waals surface area (Å²) in [7, 11) is 1.85. The average Bonchev–Trinajstić information content (AvgIpc) is 3.01. The molecule has 2 rings (SSSR count). The van der Waals surface area contributed by atoms with Crippen LogP contribution in [0.1, 0.15) is 25.8 Å². The Balaban J connectivity index is 0.00000162. The molecule has 5 nitrogen and oxygen atoms in total. The number of likely N-dealkylation sites (N-methyl/N-ethyl adjacent to an activating group) is 1. The molecule has 0 aliphatic heterocycles. The monoisotopic (exact) mass is 272 g/mol. The lowest BCUT2D eigenvalue weighted by Crippen LogP contribution is -2.45. The minimum atomic E-state index is -0.261. The molecule has 1 saturated carbocycles. The van der Waals surface area contributed by atoms with E-state index in [1.54, 1.807) is 15.8 Å². The Labute approximate surface area is 114 Å². The molecule has 0 spiro atoms. The fourth-order valence-corrected chi connectivity index (χ4v) is 2.23. The maximum absolute atomic E-state index is 12.3. The summed E-state index contributed by atoms with van der Waals surface area (Å²) >= 11 is 0. The second-order valence-corrected chi connectivity index (χ2v) is 4.75. The first kappa shape index (κ1) is 15.0. The predicted octanol–water partition coefficient (Wildman–Crippen LogP) is 1.06. The summed E-state index contributed by atoms with van der Waals surface area (Å²) in [5, 5.41) is 4.10. The average molecular weight is 273 g/mol. The molecule has 18 heavy (non-hydrogen) atoms. The number of aromatic nitrogens is 2. The van der Waals surface area contributed by atoms with Crippen molar-refractivity contribution in [3.05, 3.63) is 18.5 Å². The zero-order valence-corrected chi connectivity index (χ0v) is 11.6. The molecule has 2 unspecified atom stereocenters. The highest BCUT2D eigenvalue weighted by Gasteiger charge is 2.36. The Morgan fingerprint density at radius 3 is 2.72 bits per heavy atom. The fraction of sp³-hybridized carbons (Fsp3) is 0.667. The zero-order chi connectivity index (χ0) is 12.4. The van der Waals surface area contributed by atoms with E-state index < -0.39 is 0 Å². The highest BCUT2D eigenvalue weighted by Crippen LogP contribution is 2.35. The minimum Gasteiger partial charge on any atom is -0.339 e. The smallest absolute Gasteiger partial charge is 0.247 e. The highest BCUT2D eigenvalue weighted by molar-refractivity contribution is 5.85. The number of halogens is 1. The molecule has 1 fully saturated rings. The van der Waals surface area contributed by atoms with Gasteiger partial charge in [0.05, 0.1) is 0 Å². The quantitative estimate of drug-likeness (QED) is 0.872. The zero-order valence-electron chi connectivity index (χ0n) is 10.8. The van der Waals surface area contributed by atoms with Crippen LogP contribution < -0.4 is 5.73 Å². The topological polar surface area (TPSA) is 64.2 Å². The van der Waals surface area contributed by atoms with Gasteiger partial charge in [-0.1, -0.05) is 0 Å². The molecule has 1 aromatic rings. The summed E-state index contributed by atoms with van der Waals surface area (Å²) in [6.07, 6.45) is 5.88. The number of hydrogen-bond acceptors (Lipinski definition) is 3. The van der Waals surface area contributed by atoms with Gasteiger partial charge in [0.25, 0.3) is 0 Å². The standard InChI is InChI=1S/C12H20N4O.ClH/c1-9(16-7-3-6-14-16)12(17)15(2)11(8-13)10-4-5-10;/h3,6-7,9-11H,4-5,8,13H2,1-2H3;1H. The maximum atomic E-state index is 12.3. The molecule has 1 heterocycles. The van der Waals surface area contributed by atoms with Crippen LogP contribution in [0.3, 0.4) is 0 Å². The molecule has 0 bridgehead atoms. The van der Waals surface area contributed by atoms with Gasteiger partial charge in [0.2, 0.25) is 5.91 Å². The van der Waals surface area contributed by atoms with E-state index in [9.17, 15) is 4.79 Å². The van der Waals surface area contributed by atoms with Crippen LogP contribution in [0, 0.1) is 5.92 Å². The van der Waals surface area contributed by atoms with Crippen molar-refractivity contribution in [3.63, 3.8) is 0 Å². The summed E-state index contributed by atoms with van der Waals surface area (Å²) in [4.78, 5) is 14.1. The van der Waals surface area contributed by atoms with Gasteiger partial charge in [-0.2, -0.15) is 5.10 Å². The third-order valence-electron chi connectivity index (χ3n) is 3.53. The van der Waals surface area contributed by atoms with E-state index in [2.05, 4.69) is 5.10 Å². The molecule has 6 heteroatoms. The Kier molecular flexibility index (Phi) is 5.16. The molecular formula is C12H21ClN4O. The Hall–Kier alpha value is -1.07. The van der Waals surface area contributed by atoms with Crippen LogP contribution in [-0.2, 0) is 4.79 Å². The second-order valence-electron chi connectivity index (χ2n) is 4.75. The van der Waals surface area contributed by atoms with E-state index in [-0.39, 0.29) is 30.4 Å². The molecule has 0 aromatic carbocycles. The predicted molar refractivity (Wildman–Crippen MR) is 72.5 cm³/mol. The number of carbonyl (C=O) groups excluding carboxylic acids is 1. The van der Waals surface area contributed by atoms with E-state index >= 15 is 0 Å². The molecule has 1 aliphatic rings. The van der Waals surface area contributed by atoms with Gasteiger partial charge < -0.3 is 10.6 Å². The molecule has 0 radical (unpaired) electrons. The van der Waals surface area contributed by atoms with Crippen molar-refractivity contribution in [2.45, 2.75) is 31.8 Å². The molecular weight excluding hydrogens is 252 g/mol. The summed E-state index contributed by atoms with van der Waals surface area (Å²) in [5.41, 5.74) is 5.75. The first-order valence-corrected chi connectivity index (χ1v) is 6.11. The third-order valence-corrected chi connectivity index (χ3v) is 3.53. The van der Waals surface area contributed by atoms with Crippen LogP contribution in [0.4, 0.5) is 0 Å². The Morgan fingerprint density at radius 1 is 1.61 bits per heavy atom. The SMILES string of the molecule is CC(C(=O)N(C)C(CN)C1CC1)n1cccn1.Cl. The second kappa shape index (κ2) is 6.20. The number of nitrogens with zero attached hydrogens (tertiary/aromatic N) is 3. The minimum absolute atomic E-state index is 0. The van der Waals surface area contributed by atoms with Gasteiger partial charge in [0, 0.05) is 32.0 Å². The Morgan fingerprint density at radius 2 is 2.28 bits per heavy atom. The lowest BCUT2D eigenvalue weighted by Gasteiger charge is -2.29. The van der Waals surface area contributed by atoms with Crippen molar-refractivity contribution in [2.24, 2.45) is 11.7 Å². The number of rotatable bonds is 5. The number of amides is 1. The van der Waals surface area contributed by atoms with Gasteiger partial charge >= 0.3 is 0 Å². The molecule has 0 saturated heterocycles. The van der Waals surface area contributed by atoms with E-state index in [1.807, 2.05) is 26.2 Å². The van der Waals surface area contributed by atoms with Gasteiger partial charge in [0.15, 0.2) is 0 Å². The summed E-state index contributed by atoms with van der Waals surface area (Å²) in [6.45, 7) is 2.41. The van der Waals surface area contributed by atoms with Gasteiger partial charge in [-0.15, -0.1) is 12.4 Å². The summed E-state index contributed by atoms with van der Waals surface area (Å²) < 4.78 is 1.68. The normalized spacial score (nSPS) is 17.7. The van der Waals surface area contributed by atoms with Gasteiger partial charge in [0.1, 0.15) is 6.04 Å². The van der Waals surface area contributed by atoms with Crippen molar-refractivity contribution in [1.29, 1.82) is 0 Å². The van der Waals surface area contributed by atoms with E-state index in [1.165, 1.54) is 12.8 Å². The highest BCUT2D eigenvalue weighted by atomic mass is 35.5. The van der Waals surface area contributed by atoms with E-state index in [4.69, 9.17) is 5.73 Å². The lowest BCUT2D eigenvalue weighted by atomic mass is 10.1. The largest absolute Gasteiger partial charge is 0.339 e. The maximum Gasteiger partial charge on any atom is 0.247 e. The van der Waals surface area contributed by atoms with E-state index in [0.717, 1.165) is 0 Å². The van der Waals surface area contributed by atoms with Crippen molar-refractivity contribution in [2.75, 3.05) is 13.6 Å². The molecule has 2 N–H and O–H groups in total. The number of carbonyl (C=O) groups is 1. The van der Waals surface area contributed by atoms with Gasteiger partial charge in [-0.3, -0.25) is 9.48 Å². The van der Waals surface area contributed by atoms with Crippen molar-refractivity contribution in [1.82, 2.24) is 14.7 Å². The number of nitrogens with two attached hydrogens (primary N) is 1. The fourth-order valence-electron chi connectivity index (χ4n) is 2.23. The Bertz CT molecular complexity index is 377. The van der Waals surface area contributed by atoms with Gasteiger partial charge in [-0.05, 0) is 31.7 Å². The molecule has 1 amide bonds. The summed E-state index contributed by atoms with van der Waals surface area (Å²) in [6, 6.07) is 1.74. The molecule has 1 aromatic heterocycles. The molecule has 2 atom stereocenters. The van der Waals surface area contributed by atoms with Crippen LogP contribution in [0.5, 0.6) is 0 Å². The van der Waals surface area contributed by atoms with Crippen LogP contribution >= 0.6 is 12.4 Å². The first-order chi connectivity index (χ1) is 8.15.